The minimum atomic E-state index is -1.10. The Balaban J connectivity index is 1.63. The maximum atomic E-state index is 10.1. The Hall–Kier alpha value is -1.93. The van der Waals surface area contributed by atoms with Crippen molar-refractivity contribution in [3.63, 3.8) is 0 Å². The Morgan fingerprint density at radius 1 is 1.13 bits per heavy atom. The number of aliphatic hydroxyl groups is 3. The van der Waals surface area contributed by atoms with Gasteiger partial charge in [0.15, 0.2) is 0 Å². The molecule has 31 heavy (non-hydrogen) atoms. The fraction of sp³-hybridized carbons (Fsp3) is 0.417. The Bertz CT molecular complexity index is 840. The number of halogens is 1. The molecule has 7 heteroatoms. The topological polar surface area (TPSA) is 88.4 Å². The smallest absolute Gasteiger partial charge is 0.119 e. The third kappa shape index (κ3) is 6.53. The second kappa shape index (κ2) is 11.6. The second-order valence-corrected chi connectivity index (χ2v) is 7.93. The Kier molecular flexibility index (Phi) is 8.90. The summed E-state index contributed by atoms with van der Waals surface area (Å²) in [5.41, 5.74) is 2.85. The number of hydrogen-bond donors (Lipinski definition) is 3. The molecule has 1 fully saturated rings. The normalized spacial score (nSPS) is 23.5. The third-order valence-corrected chi connectivity index (χ3v) is 5.61. The molecule has 3 N–H and O–H groups in total. The molecule has 1 aliphatic heterocycles. The molecule has 1 heterocycles. The zero-order valence-corrected chi connectivity index (χ0v) is 18.1. The lowest BCUT2D eigenvalue weighted by molar-refractivity contribution is -0.181. The first-order chi connectivity index (χ1) is 15.0. The van der Waals surface area contributed by atoms with Gasteiger partial charge in [-0.2, -0.15) is 0 Å². The van der Waals surface area contributed by atoms with Crippen LogP contribution in [0.25, 0.3) is 0 Å². The van der Waals surface area contributed by atoms with Crippen LogP contribution in [0.2, 0.25) is 5.02 Å². The maximum absolute atomic E-state index is 10.1. The van der Waals surface area contributed by atoms with Gasteiger partial charge in [-0.25, -0.2) is 0 Å². The van der Waals surface area contributed by atoms with Gasteiger partial charge >= 0.3 is 0 Å². The summed E-state index contributed by atoms with van der Waals surface area (Å²) in [6.45, 7) is 4.72. The van der Waals surface area contributed by atoms with E-state index in [4.69, 9.17) is 25.8 Å². The molecule has 3 rings (SSSR count). The summed E-state index contributed by atoms with van der Waals surface area (Å²) in [5, 5.41) is 30.1. The highest BCUT2D eigenvalue weighted by Crippen LogP contribution is 2.34. The number of benzene rings is 2. The van der Waals surface area contributed by atoms with E-state index in [-0.39, 0.29) is 13.0 Å². The molecule has 6 nitrogen and oxygen atoms in total. The van der Waals surface area contributed by atoms with Crippen LogP contribution in [0.4, 0.5) is 0 Å². The highest BCUT2D eigenvalue weighted by atomic mass is 35.5. The minimum Gasteiger partial charge on any atom is -0.491 e. The molecule has 2 aromatic carbocycles. The van der Waals surface area contributed by atoms with Crippen molar-refractivity contribution < 1.29 is 29.5 Å². The van der Waals surface area contributed by atoms with Gasteiger partial charge in [-0.05, 0) is 41.3 Å². The summed E-state index contributed by atoms with van der Waals surface area (Å²) in [6.07, 6.45) is -0.718. The lowest BCUT2D eigenvalue weighted by Gasteiger charge is -2.36. The predicted molar refractivity (Wildman–Crippen MR) is 119 cm³/mol. The van der Waals surface area contributed by atoms with Crippen molar-refractivity contribution in [1.29, 1.82) is 0 Å². The highest BCUT2D eigenvalue weighted by Gasteiger charge is 2.37. The van der Waals surface area contributed by atoms with Crippen molar-refractivity contribution >= 4 is 11.6 Å². The first-order valence-electron chi connectivity index (χ1n) is 10.3. The van der Waals surface area contributed by atoms with E-state index in [0.29, 0.717) is 31.3 Å². The average Bonchev–Trinajstić information content (AvgIpc) is 2.78. The van der Waals surface area contributed by atoms with Crippen LogP contribution in [0.15, 0.2) is 55.1 Å². The molecule has 2 aromatic rings. The molecular weight excluding hydrogens is 420 g/mol. The van der Waals surface area contributed by atoms with Crippen molar-refractivity contribution in [2.75, 3.05) is 26.4 Å². The van der Waals surface area contributed by atoms with Crippen molar-refractivity contribution in [2.45, 2.75) is 37.3 Å². The fourth-order valence-electron chi connectivity index (χ4n) is 3.56. The first kappa shape index (κ1) is 23.7. The van der Waals surface area contributed by atoms with Crippen molar-refractivity contribution in [1.82, 2.24) is 0 Å². The number of rotatable bonds is 10. The van der Waals surface area contributed by atoms with Gasteiger partial charge in [-0.3, -0.25) is 0 Å². The zero-order chi connectivity index (χ0) is 22.2. The Labute approximate surface area is 187 Å². The molecule has 0 spiro atoms. The van der Waals surface area contributed by atoms with Crippen LogP contribution >= 0.6 is 11.6 Å². The lowest BCUT2D eigenvalue weighted by atomic mass is 9.92. The number of aliphatic hydroxyl groups excluding tert-OH is 3. The predicted octanol–water partition coefficient (Wildman–Crippen LogP) is 3.06. The van der Waals surface area contributed by atoms with E-state index < -0.39 is 24.4 Å². The largest absolute Gasteiger partial charge is 0.491 e. The van der Waals surface area contributed by atoms with E-state index in [0.717, 1.165) is 22.4 Å². The average molecular weight is 449 g/mol. The van der Waals surface area contributed by atoms with E-state index in [1.165, 1.54) is 0 Å². The fourth-order valence-corrected chi connectivity index (χ4v) is 3.74. The van der Waals surface area contributed by atoms with Gasteiger partial charge in [0.25, 0.3) is 0 Å². The van der Waals surface area contributed by atoms with Crippen LogP contribution in [0.3, 0.4) is 0 Å². The maximum Gasteiger partial charge on any atom is 0.119 e. The van der Waals surface area contributed by atoms with Crippen LogP contribution in [0.1, 0.15) is 29.2 Å². The molecule has 1 saturated heterocycles. The van der Waals surface area contributed by atoms with Crippen LogP contribution < -0.4 is 4.74 Å². The van der Waals surface area contributed by atoms with Crippen LogP contribution in [-0.4, -0.2) is 60.1 Å². The molecule has 168 valence electrons. The SMILES string of the molecule is C=CCOCCOc1ccc(Cc2cc([C@@H]3CC(O)[C@H](O)C(CO)O3)ccc2Cl)cc1. The Morgan fingerprint density at radius 3 is 2.61 bits per heavy atom. The van der Waals surface area contributed by atoms with Crippen molar-refractivity contribution in [2.24, 2.45) is 0 Å². The summed E-state index contributed by atoms with van der Waals surface area (Å²) in [6, 6.07) is 13.4. The highest BCUT2D eigenvalue weighted by molar-refractivity contribution is 6.31. The standard InChI is InChI=1S/C24H29ClO6/c1-2-9-29-10-11-30-19-6-3-16(4-7-19)12-18-13-17(5-8-20(18)25)22-14-21(27)24(28)23(15-26)31-22/h2-8,13,21-24,26-28H,1,9-12,14-15H2/t21?,22-,23?,24-/m0/s1. The third-order valence-electron chi connectivity index (χ3n) is 5.24. The molecule has 0 bridgehead atoms. The van der Waals surface area contributed by atoms with Gasteiger partial charge in [0, 0.05) is 11.4 Å². The minimum absolute atomic E-state index is 0.251. The second-order valence-electron chi connectivity index (χ2n) is 7.52. The first-order valence-corrected chi connectivity index (χ1v) is 10.7. The van der Waals surface area contributed by atoms with E-state index in [1.54, 1.807) is 6.08 Å². The molecule has 2 unspecified atom stereocenters. The monoisotopic (exact) mass is 448 g/mol. The van der Waals surface area contributed by atoms with Crippen LogP contribution in [0, 0.1) is 0 Å². The number of hydrogen-bond acceptors (Lipinski definition) is 6. The van der Waals surface area contributed by atoms with Gasteiger partial charge in [-0.15, -0.1) is 6.58 Å². The van der Waals surface area contributed by atoms with Crippen LogP contribution in [0.5, 0.6) is 5.75 Å². The van der Waals surface area contributed by atoms with Gasteiger partial charge in [0.1, 0.15) is 24.6 Å². The summed E-state index contributed by atoms with van der Waals surface area (Å²) >= 11 is 6.42. The van der Waals surface area contributed by atoms with Crippen LogP contribution in [-0.2, 0) is 15.9 Å². The lowest BCUT2D eigenvalue weighted by Crippen LogP contribution is -2.47. The molecule has 1 aliphatic rings. The van der Waals surface area contributed by atoms with E-state index in [9.17, 15) is 15.3 Å². The molecular formula is C24H29ClO6. The summed E-state index contributed by atoms with van der Waals surface area (Å²) in [7, 11) is 0. The van der Waals surface area contributed by atoms with Gasteiger partial charge in [0.05, 0.1) is 32.0 Å². The van der Waals surface area contributed by atoms with Crippen molar-refractivity contribution in [3.8, 4) is 5.75 Å². The molecule has 0 aliphatic carbocycles. The number of ether oxygens (including phenoxy) is 3. The quantitative estimate of drug-likeness (QED) is 0.382. The van der Waals surface area contributed by atoms with Gasteiger partial charge in [-0.1, -0.05) is 41.9 Å². The summed E-state index contributed by atoms with van der Waals surface area (Å²) < 4.78 is 16.7. The molecule has 0 aromatic heterocycles. The van der Waals surface area contributed by atoms with E-state index in [1.807, 2.05) is 42.5 Å². The van der Waals surface area contributed by atoms with Crippen molar-refractivity contribution in [3.05, 3.63) is 76.8 Å². The molecule has 0 radical (unpaired) electrons. The summed E-state index contributed by atoms with van der Waals surface area (Å²) in [4.78, 5) is 0. The molecule has 4 atom stereocenters. The Morgan fingerprint density at radius 2 is 1.90 bits per heavy atom. The summed E-state index contributed by atoms with van der Waals surface area (Å²) in [5.74, 6) is 0.768. The molecule has 0 amide bonds. The van der Waals surface area contributed by atoms with Gasteiger partial charge < -0.3 is 29.5 Å². The van der Waals surface area contributed by atoms with Gasteiger partial charge in [0.2, 0.25) is 0 Å². The van der Waals surface area contributed by atoms with E-state index in [2.05, 4.69) is 6.58 Å². The molecule has 0 saturated carbocycles. The van der Waals surface area contributed by atoms with E-state index >= 15 is 0 Å². The zero-order valence-electron chi connectivity index (χ0n) is 17.3.